The van der Waals surface area contributed by atoms with Crippen LogP contribution in [0.4, 0.5) is 0 Å². The quantitative estimate of drug-likeness (QED) is 0.648. The molecule has 3 rings (SSSR count). The van der Waals surface area contributed by atoms with Gasteiger partial charge in [0.15, 0.2) is 4.77 Å². The van der Waals surface area contributed by atoms with E-state index in [1.165, 1.54) is 12.6 Å². The van der Waals surface area contributed by atoms with Crippen molar-refractivity contribution in [1.82, 2.24) is 14.6 Å². The number of H-pyrrole nitrogens is 1. The summed E-state index contributed by atoms with van der Waals surface area (Å²) < 4.78 is 7.22. The van der Waals surface area contributed by atoms with E-state index in [4.69, 9.17) is 17.0 Å². The van der Waals surface area contributed by atoms with Crippen molar-refractivity contribution in [3.8, 4) is 5.88 Å². The number of morpholine rings is 1. The van der Waals surface area contributed by atoms with Crippen molar-refractivity contribution in [3.63, 3.8) is 0 Å². The Hall–Kier alpha value is -1.67. The molecule has 0 unspecified atom stereocenters. The Morgan fingerprint density at radius 3 is 2.65 bits per heavy atom. The minimum Gasteiger partial charge on any atom is -0.494 e. The Bertz CT molecular complexity index is 685. The van der Waals surface area contributed by atoms with Gasteiger partial charge in [0, 0.05) is 6.04 Å². The Labute approximate surface area is 139 Å². The van der Waals surface area contributed by atoms with Gasteiger partial charge in [0.2, 0.25) is 5.88 Å². The molecule has 1 aromatic heterocycles. The van der Waals surface area contributed by atoms with Crippen molar-refractivity contribution in [2.24, 2.45) is 5.10 Å². The Morgan fingerprint density at radius 1 is 1.26 bits per heavy atom. The molecule has 23 heavy (non-hydrogen) atoms. The highest BCUT2D eigenvalue weighted by atomic mass is 32.1. The summed E-state index contributed by atoms with van der Waals surface area (Å²) in [5.74, 6) is -0.0809. The molecule has 126 valence electrons. The third-order valence-corrected chi connectivity index (χ3v) is 4.73. The maximum atomic E-state index is 12.1. The first-order valence-corrected chi connectivity index (χ1v) is 8.52. The Kier molecular flexibility index (Phi) is 5.12. The number of nitrogens with zero attached hydrogens (tertiary/aromatic N) is 3. The van der Waals surface area contributed by atoms with Crippen LogP contribution in [0.5, 0.6) is 5.88 Å². The van der Waals surface area contributed by atoms with E-state index in [1.807, 2.05) is 5.01 Å². The number of aromatic hydroxyl groups is 1. The van der Waals surface area contributed by atoms with Gasteiger partial charge in [-0.3, -0.25) is 19.4 Å². The highest BCUT2D eigenvalue weighted by Crippen LogP contribution is 2.31. The lowest BCUT2D eigenvalue weighted by Crippen LogP contribution is -2.32. The van der Waals surface area contributed by atoms with Gasteiger partial charge in [0.25, 0.3) is 5.56 Å². The fraction of sp³-hybridized carbons (Fsp3) is 0.667. The molecule has 2 heterocycles. The standard InChI is InChI=1S/C15H22N4O3S/c20-13-12(10-16-18-6-8-22-9-7-18)14(21)19(15(23)17-13)11-4-2-1-3-5-11/h10-11,21H,1-9H2,(H,17,20,23). The summed E-state index contributed by atoms with van der Waals surface area (Å²) in [5, 5.41) is 16.7. The lowest BCUT2D eigenvalue weighted by Gasteiger charge is -2.26. The molecule has 2 aliphatic rings. The number of hydrogen-bond acceptors (Lipinski definition) is 6. The van der Waals surface area contributed by atoms with Gasteiger partial charge in [-0.2, -0.15) is 5.10 Å². The molecule has 2 fully saturated rings. The predicted octanol–water partition coefficient (Wildman–Crippen LogP) is 1.78. The minimum atomic E-state index is -0.406. The monoisotopic (exact) mass is 338 g/mol. The molecule has 0 bridgehead atoms. The molecule has 1 aliphatic carbocycles. The molecule has 1 saturated heterocycles. The molecule has 1 aromatic rings. The van der Waals surface area contributed by atoms with Crippen molar-refractivity contribution >= 4 is 18.4 Å². The average Bonchev–Trinajstić information content (AvgIpc) is 2.56. The van der Waals surface area contributed by atoms with Crippen LogP contribution in [0.1, 0.15) is 43.7 Å². The van der Waals surface area contributed by atoms with E-state index >= 15 is 0 Å². The van der Waals surface area contributed by atoms with E-state index in [0.29, 0.717) is 26.3 Å². The van der Waals surface area contributed by atoms with E-state index in [1.54, 1.807) is 4.57 Å². The number of ether oxygens (including phenoxy) is 1. The zero-order chi connectivity index (χ0) is 16.2. The van der Waals surface area contributed by atoms with Crippen LogP contribution >= 0.6 is 12.2 Å². The van der Waals surface area contributed by atoms with Gasteiger partial charge in [-0.25, -0.2) is 0 Å². The van der Waals surface area contributed by atoms with Crippen molar-refractivity contribution in [1.29, 1.82) is 0 Å². The summed E-state index contributed by atoms with van der Waals surface area (Å²) in [4.78, 5) is 14.8. The summed E-state index contributed by atoms with van der Waals surface area (Å²) in [6, 6.07) is 0.142. The lowest BCUT2D eigenvalue weighted by atomic mass is 9.95. The zero-order valence-electron chi connectivity index (χ0n) is 13.0. The molecule has 0 aromatic carbocycles. The molecule has 1 saturated carbocycles. The molecule has 2 N–H and O–H groups in total. The highest BCUT2D eigenvalue weighted by molar-refractivity contribution is 7.71. The summed E-state index contributed by atoms with van der Waals surface area (Å²) >= 11 is 5.25. The molecular formula is C15H22N4O3S. The van der Waals surface area contributed by atoms with Gasteiger partial charge in [-0.05, 0) is 25.1 Å². The van der Waals surface area contributed by atoms with Crippen LogP contribution in [-0.2, 0) is 4.74 Å². The summed E-state index contributed by atoms with van der Waals surface area (Å²) in [6.45, 7) is 2.59. The summed E-state index contributed by atoms with van der Waals surface area (Å²) in [5.41, 5.74) is -0.243. The SMILES string of the molecule is O=c1[nH]c(=S)n(C2CCCCC2)c(O)c1C=NN1CCOCC1. The second-order valence-electron chi connectivity index (χ2n) is 5.97. The molecule has 1 aliphatic heterocycles. The van der Waals surface area contributed by atoms with Gasteiger partial charge < -0.3 is 9.84 Å². The van der Waals surface area contributed by atoms with Crippen LogP contribution < -0.4 is 5.56 Å². The molecule has 0 atom stereocenters. The first-order chi connectivity index (χ1) is 11.2. The minimum absolute atomic E-state index is 0.0809. The van der Waals surface area contributed by atoms with Crippen molar-refractivity contribution in [2.45, 2.75) is 38.1 Å². The average molecular weight is 338 g/mol. The van der Waals surface area contributed by atoms with E-state index < -0.39 is 5.56 Å². The fourth-order valence-corrected chi connectivity index (χ4v) is 3.48. The second kappa shape index (κ2) is 7.27. The van der Waals surface area contributed by atoms with E-state index in [0.717, 1.165) is 25.7 Å². The van der Waals surface area contributed by atoms with Crippen LogP contribution in [-0.4, -0.2) is 52.2 Å². The number of aromatic amines is 1. The molecule has 0 radical (unpaired) electrons. The third-order valence-electron chi connectivity index (χ3n) is 4.43. The van der Waals surface area contributed by atoms with Crippen LogP contribution in [0.2, 0.25) is 0 Å². The predicted molar refractivity (Wildman–Crippen MR) is 89.7 cm³/mol. The molecule has 0 spiro atoms. The number of hydrogen-bond donors (Lipinski definition) is 2. The van der Waals surface area contributed by atoms with Crippen molar-refractivity contribution < 1.29 is 9.84 Å². The number of nitrogens with one attached hydrogen (secondary N) is 1. The van der Waals surface area contributed by atoms with Gasteiger partial charge in [-0.1, -0.05) is 19.3 Å². The Morgan fingerprint density at radius 2 is 1.96 bits per heavy atom. The molecule has 8 heteroatoms. The smallest absolute Gasteiger partial charge is 0.264 e. The fourth-order valence-electron chi connectivity index (χ4n) is 3.16. The molecule has 0 amide bonds. The maximum Gasteiger partial charge on any atom is 0.264 e. The Balaban J connectivity index is 1.91. The number of aromatic nitrogens is 2. The van der Waals surface area contributed by atoms with Gasteiger partial charge >= 0.3 is 0 Å². The van der Waals surface area contributed by atoms with Crippen LogP contribution in [0.15, 0.2) is 9.90 Å². The van der Waals surface area contributed by atoms with Crippen LogP contribution in [0.25, 0.3) is 0 Å². The largest absolute Gasteiger partial charge is 0.494 e. The first-order valence-electron chi connectivity index (χ1n) is 8.11. The van der Waals surface area contributed by atoms with E-state index in [-0.39, 0.29) is 22.3 Å². The van der Waals surface area contributed by atoms with Crippen molar-refractivity contribution in [3.05, 3.63) is 20.7 Å². The van der Waals surface area contributed by atoms with Crippen LogP contribution in [0.3, 0.4) is 0 Å². The topological polar surface area (TPSA) is 82.8 Å². The maximum absolute atomic E-state index is 12.1. The molecular weight excluding hydrogens is 316 g/mol. The van der Waals surface area contributed by atoms with Gasteiger partial charge in [0.1, 0.15) is 5.56 Å². The normalized spacial score (nSPS) is 20.3. The summed E-state index contributed by atoms with van der Waals surface area (Å²) in [6.07, 6.45) is 6.79. The summed E-state index contributed by atoms with van der Waals surface area (Å²) in [7, 11) is 0. The zero-order valence-corrected chi connectivity index (χ0v) is 13.8. The first kappa shape index (κ1) is 16.2. The number of hydrazone groups is 1. The number of rotatable bonds is 3. The third kappa shape index (κ3) is 3.64. The van der Waals surface area contributed by atoms with Crippen molar-refractivity contribution in [2.75, 3.05) is 26.3 Å². The van der Waals surface area contributed by atoms with Gasteiger partial charge in [0.05, 0.1) is 32.5 Å². The van der Waals surface area contributed by atoms with Crippen LogP contribution in [0, 0.1) is 4.77 Å². The lowest BCUT2D eigenvalue weighted by molar-refractivity contribution is 0.0396. The van der Waals surface area contributed by atoms with E-state index in [9.17, 15) is 9.90 Å². The second-order valence-corrected chi connectivity index (χ2v) is 6.36. The highest BCUT2D eigenvalue weighted by Gasteiger charge is 2.21. The van der Waals surface area contributed by atoms with Gasteiger partial charge in [-0.15, -0.1) is 0 Å². The molecule has 7 nitrogen and oxygen atoms in total. The van der Waals surface area contributed by atoms with E-state index in [2.05, 4.69) is 10.1 Å².